The first-order valence-electron chi connectivity index (χ1n) is 19.5. The summed E-state index contributed by atoms with van der Waals surface area (Å²) in [5.74, 6) is 0.506. The maximum absolute atomic E-state index is 13.3. The van der Waals surface area contributed by atoms with Gasteiger partial charge in [0.2, 0.25) is 15.9 Å². The Labute approximate surface area is 361 Å². The highest BCUT2D eigenvalue weighted by molar-refractivity contribution is 7.89. The number of benzene rings is 5. The molecular formula is C48H48FN5O7S. The largest absolute Gasteiger partial charge is 0.497 e. The van der Waals surface area contributed by atoms with Crippen molar-refractivity contribution in [2.45, 2.75) is 32.1 Å². The van der Waals surface area contributed by atoms with E-state index in [9.17, 15) is 22.4 Å². The lowest BCUT2D eigenvalue weighted by Gasteiger charge is -2.26. The second kappa shape index (κ2) is 20.2. The first-order valence-corrected chi connectivity index (χ1v) is 21.0. The van der Waals surface area contributed by atoms with Gasteiger partial charge in [-0.05, 0) is 97.6 Å². The molecule has 0 radical (unpaired) electrons. The molecule has 0 saturated carbocycles. The zero-order valence-corrected chi connectivity index (χ0v) is 34.7. The van der Waals surface area contributed by atoms with Crippen LogP contribution in [-0.4, -0.2) is 84.5 Å². The lowest BCUT2D eigenvalue weighted by molar-refractivity contribution is 0.0730. The number of methoxy groups -OCH3 is 2. The molecule has 8 rings (SSSR count). The maximum atomic E-state index is 13.3. The third-order valence-electron chi connectivity index (χ3n) is 10.2. The number of nitrogens with zero attached hydrogens (tertiary/aromatic N) is 5. The van der Waals surface area contributed by atoms with Gasteiger partial charge in [-0.1, -0.05) is 68.1 Å². The van der Waals surface area contributed by atoms with Crippen molar-refractivity contribution in [3.05, 3.63) is 179 Å². The summed E-state index contributed by atoms with van der Waals surface area (Å²) in [6.07, 6.45) is 4.16. The minimum atomic E-state index is -3.73. The fraction of sp³-hybridized carbons (Fsp3) is 0.208. The van der Waals surface area contributed by atoms with Crippen molar-refractivity contribution < 1.29 is 36.6 Å². The monoisotopic (exact) mass is 857 g/mol. The topological polar surface area (TPSA) is 135 Å². The first kappa shape index (κ1) is 44.8. The zero-order valence-electron chi connectivity index (χ0n) is 33.9. The molecule has 1 fully saturated rings. The van der Waals surface area contributed by atoms with Gasteiger partial charge in [-0.3, -0.25) is 9.59 Å². The van der Waals surface area contributed by atoms with Crippen molar-refractivity contribution in [3.8, 4) is 28.6 Å². The molecule has 2 aromatic heterocycles. The lowest BCUT2D eigenvalue weighted by Crippen LogP contribution is -2.40. The Morgan fingerprint density at radius 1 is 0.790 bits per heavy atom. The van der Waals surface area contributed by atoms with E-state index in [2.05, 4.69) is 5.10 Å². The Hall–Kier alpha value is -6.74. The van der Waals surface area contributed by atoms with Crippen LogP contribution in [0.25, 0.3) is 16.9 Å². The number of ether oxygens (including phenoxy) is 3. The molecule has 1 aliphatic heterocycles. The standard InChI is InChI=1S/C25H23FN2O2.C22H21N3O5S.CH4/c1-29-22-15-11-19(12-16-22)24-23(17-10-18-8-13-20(26)14-9-18)25(30-2)28(27-24)21-6-4-3-5-7-21;1-16-5-2-3-8-20(16)21(26)18-14-23-25(15-18)22(27)17-6-4-7-19(13-17)31(28,29)24-9-11-30-12-10-24;/h3-9,11-16H,10,17H2,1-2H3;2-8,13-15H,9-12H2,1H3;1H4. The smallest absolute Gasteiger partial charge is 0.278 e. The Bertz CT molecular complexity index is 2730. The number of aryl methyl sites for hydroxylation is 2. The molecule has 0 spiro atoms. The third kappa shape index (κ3) is 10.1. The highest BCUT2D eigenvalue weighted by atomic mass is 32.2. The number of hydrogen-bond donors (Lipinski definition) is 0. The molecule has 0 bridgehead atoms. The predicted octanol–water partition coefficient (Wildman–Crippen LogP) is 8.25. The summed E-state index contributed by atoms with van der Waals surface area (Å²) < 4.78 is 59.5. The molecule has 3 heterocycles. The number of hydrogen-bond acceptors (Lipinski definition) is 9. The summed E-state index contributed by atoms with van der Waals surface area (Å²) in [5, 5.41) is 8.91. The van der Waals surface area contributed by atoms with Gasteiger partial charge >= 0.3 is 0 Å². The van der Waals surface area contributed by atoms with E-state index in [1.54, 1.807) is 26.4 Å². The predicted molar refractivity (Wildman–Crippen MR) is 235 cm³/mol. The van der Waals surface area contributed by atoms with Gasteiger partial charge in [-0.2, -0.15) is 14.5 Å². The molecule has 12 nitrogen and oxygen atoms in total. The van der Waals surface area contributed by atoms with Crippen LogP contribution in [0.2, 0.25) is 0 Å². The molecule has 14 heteroatoms. The summed E-state index contributed by atoms with van der Waals surface area (Å²) in [5.41, 5.74) is 6.64. The quantitative estimate of drug-likeness (QED) is 0.111. The number of carbonyl (C=O) groups excluding carboxylic acids is 2. The van der Waals surface area contributed by atoms with E-state index in [0.717, 1.165) is 50.5 Å². The number of sulfonamides is 1. The van der Waals surface area contributed by atoms with E-state index in [0.29, 0.717) is 31.1 Å². The number of halogens is 1. The van der Waals surface area contributed by atoms with Crippen LogP contribution in [0.3, 0.4) is 0 Å². The molecule has 62 heavy (non-hydrogen) atoms. The Morgan fingerprint density at radius 2 is 1.48 bits per heavy atom. The van der Waals surface area contributed by atoms with Crippen LogP contribution in [0.4, 0.5) is 4.39 Å². The van der Waals surface area contributed by atoms with Crippen molar-refractivity contribution in [3.63, 3.8) is 0 Å². The highest BCUT2D eigenvalue weighted by Crippen LogP contribution is 2.34. The zero-order chi connectivity index (χ0) is 42.9. The Balaban J connectivity index is 0.000000204. The summed E-state index contributed by atoms with van der Waals surface area (Å²) in [6, 6.07) is 37.4. The van der Waals surface area contributed by atoms with E-state index in [4.69, 9.17) is 19.3 Å². The third-order valence-corrected chi connectivity index (χ3v) is 12.1. The molecule has 0 atom stereocenters. The van der Waals surface area contributed by atoms with Gasteiger partial charge in [0.25, 0.3) is 5.91 Å². The number of aromatic nitrogens is 4. The second-order valence-corrected chi connectivity index (χ2v) is 16.0. The number of para-hydroxylation sites is 1. The number of rotatable bonds is 12. The van der Waals surface area contributed by atoms with Crippen LogP contribution in [-0.2, 0) is 27.6 Å². The van der Waals surface area contributed by atoms with E-state index >= 15 is 0 Å². The number of morpholine rings is 1. The van der Waals surface area contributed by atoms with Crippen molar-refractivity contribution in [2.75, 3.05) is 40.5 Å². The van der Waals surface area contributed by atoms with Crippen LogP contribution in [0.1, 0.15) is 50.4 Å². The average Bonchev–Trinajstić information content (AvgIpc) is 3.95. The molecule has 1 saturated heterocycles. The molecule has 0 amide bonds. The van der Waals surface area contributed by atoms with Gasteiger partial charge in [0, 0.05) is 41.5 Å². The molecule has 7 aromatic rings. The van der Waals surface area contributed by atoms with E-state index in [1.165, 1.54) is 53.1 Å². The van der Waals surface area contributed by atoms with Crippen LogP contribution in [0, 0.1) is 12.7 Å². The lowest BCUT2D eigenvalue weighted by atomic mass is 10.0. The van der Waals surface area contributed by atoms with Crippen molar-refractivity contribution in [1.29, 1.82) is 0 Å². The Morgan fingerprint density at radius 3 is 2.16 bits per heavy atom. The van der Waals surface area contributed by atoms with Gasteiger partial charge < -0.3 is 14.2 Å². The fourth-order valence-corrected chi connectivity index (χ4v) is 8.36. The second-order valence-electron chi connectivity index (χ2n) is 14.1. The Kier molecular flexibility index (Phi) is 14.6. The van der Waals surface area contributed by atoms with E-state index in [1.807, 2.05) is 90.5 Å². The van der Waals surface area contributed by atoms with Crippen LogP contribution >= 0.6 is 0 Å². The molecule has 0 unspecified atom stereocenters. The van der Waals surface area contributed by atoms with Crippen molar-refractivity contribution in [1.82, 2.24) is 23.9 Å². The minimum Gasteiger partial charge on any atom is -0.497 e. The molecule has 0 N–H and O–H groups in total. The summed E-state index contributed by atoms with van der Waals surface area (Å²) in [7, 11) is -0.420. The SMILES string of the molecule is C.COc1ccc(-c2nn(-c3ccccc3)c(OC)c2CCc2ccc(F)cc2)cc1.Cc1ccccc1C(=O)c1cnn(C(=O)c2cccc(S(=O)(=O)N3CCOCC3)c2)c1. The van der Waals surface area contributed by atoms with E-state index < -0.39 is 15.9 Å². The number of ketones is 1. The average molecular weight is 858 g/mol. The molecule has 0 aliphatic carbocycles. The molecule has 5 aromatic carbocycles. The minimum absolute atomic E-state index is 0. The first-order chi connectivity index (χ1) is 29.6. The van der Waals surface area contributed by atoms with Gasteiger partial charge in [0.1, 0.15) is 11.6 Å². The van der Waals surface area contributed by atoms with Crippen LogP contribution in [0.15, 0.2) is 145 Å². The molecular weight excluding hydrogens is 810 g/mol. The van der Waals surface area contributed by atoms with Crippen molar-refractivity contribution >= 4 is 21.7 Å². The van der Waals surface area contributed by atoms with Crippen LogP contribution < -0.4 is 9.47 Å². The normalized spacial score (nSPS) is 12.7. The molecule has 1 aliphatic rings. The van der Waals surface area contributed by atoms with Crippen molar-refractivity contribution in [2.24, 2.45) is 0 Å². The van der Waals surface area contributed by atoms with Gasteiger partial charge in [0.15, 0.2) is 5.78 Å². The summed E-state index contributed by atoms with van der Waals surface area (Å²) >= 11 is 0. The van der Waals surface area contributed by atoms with Gasteiger partial charge in [-0.15, -0.1) is 0 Å². The molecule has 320 valence electrons. The summed E-state index contributed by atoms with van der Waals surface area (Å²) in [4.78, 5) is 25.7. The van der Waals surface area contributed by atoms with Gasteiger partial charge in [0.05, 0.1) is 55.5 Å². The van der Waals surface area contributed by atoms with Gasteiger partial charge in [-0.25, -0.2) is 22.2 Å². The highest BCUT2D eigenvalue weighted by Gasteiger charge is 2.27. The number of carbonyl (C=O) groups is 2. The van der Waals surface area contributed by atoms with E-state index in [-0.39, 0.29) is 48.1 Å². The summed E-state index contributed by atoms with van der Waals surface area (Å²) in [6.45, 7) is 3.04. The maximum Gasteiger partial charge on any atom is 0.278 e. The van der Waals surface area contributed by atoms with Crippen LogP contribution in [0.5, 0.6) is 11.6 Å². The fourth-order valence-electron chi connectivity index (χ4n) is 6.91.